The van der Waals surface area contributed by atoms with Gasteiger partial charge in [-0.15, -0.1) is 5.92 Å². The second kappa shape index (κ2) is 5.91. The quantitative estimate of drug-likeness (QED) is 0.596. The van der Waals surface area contributed by atoms with E-state index in [0.29, 0.717) is 6.42 Å². The average molecular weight is 212 g/mol. The van der Waals surface area contributed by atoms with Crippen molar-refractivity contribution in [3.05, 3.63) is 0 Å². The molecule has 5 nitrogen and oxygen atoms in total. The summed E-state index contributed by atoms with van der Waals surface area (Å²) in [6.45, 7) is 5.02. The lowest BCUT2D eigenvalue weighted by Crippen LogP contribution is -2.54. The monoisotopic (exact) mass is 212 g/mol. The summed E-state index contributed by atoms with van der Waals surface area (Å²) in [4.78, 5) is 22.1. The molecule has 0 aromatic rings. The standard InChI is InChI=1S/C10H16N2O3/c1-4-6-7-11-9(15)12-10(3,5-2)8(13)14/h5,7H2,1-3H3,(H,13,14)(H2,11,12,15). The topological polar surface area (TPSA) is 78.4 Å². The van der Waals surface area contributed by atoms with Crippen LogP contribution in [0.5, 0.6) is 0 Å². The van der Waals surface area contributed by atoms with Crippen LogP contribution in [-0.4, -0.2) is 29.2 Å². The van der Waals surface area contributed by atoms with Crippen molar-refractivity contribution in [1.82, 2.24) is 10.6 Å². The Morgan fingerprint density at radius 1 is 1.47 bits per heavy atom. The third kappa shape index (κ3) is 4.36. The molecule has 0 saturated carbocycles. The highest BCUT2D eigenvalue weighted by atomic mass is 16.4. The van der Waals surface area contributed by atoms with Gasteiger partial charge in [0.15, 0.2) is 0 Å². The number of carbonyl (C=O) groups is 2. The average Bonchev–Trinajstić information content (AvgIpc) is 2.17. The minimum Gasteiger partial charge on any atom is -0.480 e. The fraction of sp³-hybridized carbons (Fsp3) is 0.600. The SMILES string of the molecule is CC#CCNC(=O)NC(C)(CC)C(=O)O. The molecule has 0 bridgehead atoms. The first-order valence-electron chi connectivity index (χ1n) is 4.65. The Bertz CT molecular complexity index is 304. The molecular formula is C10H16N2O3. The number of rotatable bonds is 4. The molecule has 3 N–H and O–H groups in total. The Morgan fingerprint density at radius 2 is 2.07 bits per heavy atom. The van der Waals surface area contributed by atoms with Gasteiger partial charge in [0, 0.05) is 0 Å². The number of carboxylic acids is 1. The summed E-state index contributed by atoms with van der Waals surface area (Å²) >= 11 is 0. The van der Waals surface area contributed by atoms with E-state index < -0.39 is 17.5 Å². The van der Waals surface area contributed by atoms with Gasteiger partial charge in [-0.05, 0) is 20.3 Å². The molecule has 0 heterocycles. The van der Waals surface area contributed by atoms with Gasteiger partial charge >= 0.3 is 12.0 Å². The molecule has 5 heteroatoms. The third-order valence-electron chi connectivity index (χ3n) is 2.08. The lowest BCUT2D eigenvalue weighted by atomic mass is 10.00. The number of urea groups is 1. The normalized spacial score (nSPS) is 13.0. The summed E-state index contributed by atoms with van der Waals surface area (Å²) in [6.07, 6.45) is 0.315. The van der Waals surface area contributed by atoms with Crippen LogP contribution in [0.3, 0.4) is 0 Å². The van der Waals surface area contributed by atoms with E-state index in [1.807, 2.05) is 0 Å². The van der Waals surface area contributed by atoms with Crippen LogP contribution in [0.2, 0.25) is 0 Å². The molecule has 1 unspecified atom stereocenters. The maximum atomic E-state index is 11.2. The minimum absolute atomic E-state index is 0.210. The highest BCUT2D eigenvalue weighted by molar-refractivity contribution is 5.85. The van der Waals surface area contributed by atoms with Gasteiger partial charge in [0.2, 0.25) is 0 Å². The molecule has 0 saturated heterocycles. The lowest BCUT2D eigenvalue weighted by Gasteiger charge is -2.24. The second-order valence-electron chi connectivity index (χ2n) is 3.23. The molecule has 0 aliphatic heterocycles. The molecule has 1 atom stereocenters. The van der Waals surface area contributed by atoms with E-state index in [2.05, 4.69) is 22.5 Å². The maximum absolute atomic E-state index is 11.2. The van der Waals surface area contributed by atoms with E-state index in [-0.39, 0.29) is 6.54 Å². The first-order valence-corrected chi connectivity index (χ1v) is 4.65. The van der Waals surface area contributed by atoms with Gasteiger partial charge in [-0.25, -0.2) is 9.59 Å². The molecule has 0 aromatic carbocycles. The molecule has 0 spiro atoms. The van der Waals surface area contributed by atoms with Gasteiger partial charge in [0.05, 0.1) is 6.54 Å². The van der Waals surface area contributed by atoms with Crippen molar-refractivity contribution >= 4 is 12.0 Å². The first-order chi connectivity index (χ1) is 6.96. The van der Waals surface area contributed by atoms with Crippen LogP contribution in [0.4, 0.5) is 4.79 Å². The van der Waals surface area contributed by atoms with Gasteiger partial charge in [-0.3, -0.25) is 0 Å². The lowest BCUT2D eigenvalue weighted by molar-refractivity contribution is -0.143. The Morgan fingerprint density at radius 3 is 2.47 bits per heavy atom. The minimum atomic E-state index is -1.23. The Balaban J connectivity index is 4.23. The van der Waals surface area contributed by atoms with Gasteiger partial charge < -0.3 is 15.7 Å². The Labute approximate surface area is 89.2 Å². The van der Waals surface area contributed by atoms with Gasteiger partial charge in [-0.1, -0.05) is 12.8 Å². The summed E-state index contributed by atoms with van der Waals surface area (Å²) in [5, 5.41) is 13.7. The smallest absolute Gasteiger partial charge is 0.329 e. The van der Waals surface area contributed by atoms with Gasteiger partial charge in [0.25, 0.3) is 0 Å². The number of hydrogen-bond donors (Lipinski definition) is 3. The van der Waals surface area contributed by atoms with Crippen molar-refractivity contribution in [2.24, 2.45) is 0 Å². The molecule has 15 heavy (non-hydrogen) atoms. The van der Waals surface area contributed by atoms with Crippen molar-refractivity contribution in [3.63, 3.8) is 0 Å². The summed E-state index contributed by atoms with van der Waals surface area (Å²) in [5.41, 5.74) is -1.23. The highest BCUT2D eigenvalue weighted by Gasteiger charge is 2.32. The molecule has 0 fully saturated rings. The van der Waals surface area contributed by atoms with Crippen LogP contribution in [-0.2, 0) is 4.79 Å². The van der Waals surface area contributed by atoms with Crippen LogP contribution in [0.1, 0.15) is 27.2 Å². The Hall–Kier alpha value is -1.70. The van der Waals surface area contributed by atoms with Crippen LogP contribution >= 0.6 is 0 Å². The number of nitrogens with one attached hydrogen (secondary N) is 2. The van der Waals surface area contributed by atoms with Gasteiger partial charge in [0.1, 0.15) is 5.54 Å². The van der Waals surface area contributed by atoms with Crippen LogP contribution in [0.15, 0.2) is 0 Å². The molecule has 0 aromatic heterocycles. The highest BCUT2D eigenvalue weighted by Crippen LogP contribution is 2.08. The van der Waals surface area contributed by atoms with Gasteiger partial charge in [-0.2, -0.15) is 0 Å². The van der Waals surface area contributed by atoms with E-state index in [4.69, 9.17) is 5.11 Å². The zero-order chi connectivity index (χ0) is 11.9. The van der Waals surface area contributed by atoms with Crippen molar-refractivity contribution in [2.45, 2.75) is 32.7 Å². The summed E-state index contributed by atoms with van der Waals surface area (Å²) < 4.78 is 0. The molecule has 0 aliphatic rings. The van der Waals surface area contributed by atoms with E-state index in [1.54, 1.807) is 13.8 Å². The predicted octanol–water partition coefficient (Wildman–Crippen LogP) is 0.562. The van der Waals surface area contributed by atoms with Crippen LogP contribution in [0.25, 0.3) is 0 Å². The predicted molar refractivity (Wildman–Crippen MR) is 56.3 cm³/mol. The molecular weight excluding hydrogens is 196 g/mol. The zero-order valence-corrected chi connectivity index (χ0v) is 9.18. The molecule has 0 aliphatic carbocycles. The number of carbonyl (C=O) groups excluding carboxylic acids is 1. The molecule has 84 valence electrons. The van der Waals surface area contributed by atoms with Crippen molar-refractivity contribution < 1.29 is 14.7 Å². The number of amides is 2. The van der Waals surface area contributed by atoms with E-state index >= 15 is 0 Å². The summed E-state index contributed by atoms with van der Waals surface area (Å²) in [5.74, 6) is 4.20. The van der Waals surface area contributed by atoms with Crippen LogP contribution < -0.4 is 10.6 Å². The summed E-state index contributed by atoms with van der Waals surface area (Å²) in [6, 6.07) is -0.524. The second-order valence-corrected chi connectivity index (χ2v) is 3.23. The third-order valence-corrected chi connectivity index (χ3v) is 2.08. The van der Waals surface area contributed by atoms with Crippen molar-refractivity contribution in [3.8, 4) is 11.8 Å². The first kappa shape index (κ1) is 13.3. The molecule has 0 rings (SSSR count). The maximum Gasteiger partial charge on any atom is 0.329 e. The fourth-order valence-electron chi connectivity index (χ4n) is 0.801. The van der Waals surface area contributed by atoms with E-state index in [0.717, 1.165) is 0 Å². The zero-order valence-electron chi connectivity index (χ0n) is 9.18. The Kier molecular flexibility index (Phi) is 5.24. The fourth-order valence-corrected chi connectivity index (χ4v) is 0.801. The van der Waals surface area contributed by atoms with E-state index in [9.17, 15) is 9.59 Å². The molecule has 0 radical (unpaired) electrons. The number of hydrogen-bond acceptors (Lipinski definition) is 2. The van der Waals surface area contributed by atoms with E-state index in [1.165, 1.54) is 6.92 Å². The number of aliphatic carboxylic acids is 1. The van der Waals surface area contributed by atoms with Crippen molar-refractivity contribution in [1.29, 1.82) is 0 Å². The number of carboxylic acid groups (broad SMARTS) is 1. The van der Waals surface area contributed by atoms with Crippen molar-refractivity contribution in [2.75, 3.05) is 6.54 Å². The summed E-state index contributed by atoms with van der Waals surface area (Å²) in [7, 11) is 0. The largest absolute Gasteiger partial charge is 0.480 e. The molecule has 2 amide bonds. The van der Waals surface area contributed by atoms with Crippen LogP contribution in [0, 0.1) is 11.8 Å².